The summed E-state index contributed by atoms with van der Waals surface area (Å²) in [5, 5.41) is 3.88. The van der Waals surface area contributed by atoms with E-state index in [9.17, 15) is 4.79 Å². The van der Waals surface area contributed by atoms with Crippen molar-refractivity contribution < 1.29 is 14.3 Å². The number of rotatable bonds is 6. The van der Waals surface area contributed by atoms with Gasteiger partial charge in [0.1, 0.15) is 16.4 Å². The molecule has 6 nitrogen and oxygen atoms in total. The van der Waals surface area contributed by atoms with E-state index in [1.165, 1.54) is 16.9 Å². The second-order valence-electron chi connectivity index (χ2n) is 7.25. The van der Waals surface area contributed by atoms with Crippen LogP contribution in [0.2, 0.25) is 0 Å². The number of ether oxygens (including phenoxy) is 2. The fourth-order valence-electron chi connectivity index (χ4n) is 3.49. The van der Waals surface area contributed by atoms with Crippen LogP contribution >= 0.6 is 11.3 Å². The number of hydrogen-bond acceptors (Lipinski definition) is 6. The van der Waals surface area contributed by atoms with Crippen LogP contribution in [0.15, 0.2) is 42.5 Å². The highest BCUT2D eigenvalue weighted by Crippen LogP contribution is 2.36. The van der Waals surface area contributed by atoms with Crippen molar-refractivity contribution in [1.29, 1.82) is 0 Å². The summed E-state index contributed by atoms with van der Waals surface area (Å²) in [7, 11) is 3.17. The monoisotopic (exact) mass is 423 g/mol. The van der Waals surface area contributed by atoms with E-state index in [0.29, 0.717) is 27.8 Å². The molecule has 0 radical (unpaired) electrons. The smallest absolute Gasteiger partial charge is 0.268 e. The minimum Gasteiger partial charge on any atom is -0.497 e. The number of nitrogens with zero attached hydrogens (tertiary/aromatic N) is 2. The Morgan fingerprint density at radius 2 is 1.80 bits per heavy atom. The molecule has 0 bridgehead atoms. The molecule has 1 fully saturated rings. The van der Waals surface area contributed by atoms with Gasteiger partial charge in [0, 0.05) is 24.7 Å². The number of carbonyl (C=O) groups is 1. The molecule has 0 spiro atoms. The van der Waals surface area contributed by atoms with Crippen LogP contribution < -0.4 is 19.7 Å². The fourth-order valence-corrected chi connectivity index (χ4v) is 4.53. The summed E-state index contributed by atoms with van der Waals surface area (Å²) in [4.78, 5) is 21.0. The molecular weight excluding hydrogens is 398 g/mol. The molecule has 1 N–H and O–H groups in total. The second-order valence-corrected chi connectivity index (χ2v) is 8.23. The van der Waals surface area contributed by atoms with Gasteiger partial charge in [0.15, 0.2) is 5.13 Å². The van der Waals surface area contributed by atoms with E-state index in [1.54, 1.807) is 32.4 Å². The maximum atomic E-state index is 13.3. The first kappa shape index (κ1) is 20.2. The van der Waals surface area contributed by atoms with Crippen molar-refractivity contribution in [2.45, 2.75) is 19.8 Å². The highest BCUT2D eigenvalue weighted by Gasteiger charge is 2.24. The lowest BCUT2D eigenvalue weighted by atomic mass is 10.1. The van der Waals surface area contributed by atoms with Crippen LogP contribution in [0.25, 0.3) is 11.3 Å². The number of anilines is 2. The van der Waals surface area contributed by atoms with Gasteiger partial charge in [0.2, 0.25) is 0 Å². The average Bonchev–Trinajstić information content (AvgIpc) is 3.44. The predicted octanol–water partition coefficient (Wildman–Crippen LogP) is 4.99. The van der Waals surface area contributed by atoms with Crippen molar-refractivity contribution >= 4 is 28.1 Å². The molecule has 0 unspecified atom stereocenters. The molecule has 1 saturated heterocycles. The molecule has 0 saturated carbocycles. The molecule has 0 aliphatic carbocycles. The molecule has 4 rings (SSSR count). The number of aromatic nitrogens is 1. The third kappa shape index (κ3) is 4.11. The summed E-state index contributed by atoms with van der Waals surface area (Å²) in [6.07, 6.45) is 2.31. The van der Waals surface area contributed by atoms with Gasteiger partial charge in [-0.15, -0.1) is 0 Å². The molecule has 1 aromatic heterocycles. The van der Waals surface area contributed by atoms with Gasteiger partial charge in [-0.2, -0.15) is 0 Å². The molecule has 1 aliphatic rings. The lowest BCUT2D eigenvalue weighted by Gasteiger charge is -2.12. The van der Waals surface area contributed by atoms with E-state index in [-0.39, 0.29) is 5.91 Å². The number of aryl methyl sites for hydroxylation is 1. The molecule has 0 atom stereocenters. The number of carbonyl (C=O) groups excluding carboxylic acids is 1. The predicted molar refractivity (Wildman–Crippen MR) is 121 cm³/mol. The van der Waals surface area contributed by atoms with Crippen LogP contribution in [0.3, 0.4) is 0 Å². The summed E-state index contributed by atoms with van der Waals surface area (Å²) >= 11 is 1.44. The largest absolute Gasteiger partial charge is 0.497 e. The topological polar surface area (TPSA) is 63.7 Å². The number of hydrogen-bond donors (Lipinski definition) is 1. The zero-order valence-corrected chi connectivity index (χ0v) is 18.2. The van der Waals surface area contributed by atoms with E-state index < -0.39 is 0 Å². The summed E-state index contributed by atoms with van der Waals surface area (Å²) < 4.78 is 10.7. The van der Waals surface area contributed by atoms with Crippen molar-refractivity contribution in [3.8, 4) is 22.8 Å². The van der Waals surface area contributed by atoms with Crippen molar-refractivity contribution in [3.05, 3.63) is 52.9 Å². The Hall–Kier alpha value is -3.06. The Morgan fingerprint density at radius 3 is 2.47 bits per heavy atom. The Bertz CT molecular complexity index is 1040. The van der Waals surface area contributed by atoms with Gasteiger partial charge in [0.05, 0.1) is 25.6 Å². The zero-order valence-electron chi connectivity index (χ0n) is 17.4. The number of methoxy groups -OCH3 is 2. The third-order valence-electron chi connectivity index (χ3n) is 5.18. The molecule has 3 aromatic rings. The maximum absolute atomic E-state index is 13.3. The van der Waals surface area contributed by atoms with Gasteiger partial charge in [-0.25, -0.2) is 4.98 Å². The first-order valence-corrected chi connectivity index (χ1v) is 10.8. The number of benzene rings is 2. The summed E-state index contributed by atoms with van der Waals surface area (Å²) in [5.41, 5.74) is 3.41. The zero-order chi connectivity index (χ0) is 21.1. The highest BCUT2D eigenvalue weighted by molar-refractivity contribution is 7.18. The van der Waals surface area contributed by atoms with Crippen LogP contribution in [0.5, 0.6) is 11.5 Å². The molecule has 156 valence electrons. The van der Waals surface area contributed by atoms with Crippen LogP contribution in [0, 0.1) is 6.92 Å². The molecule has 1 aliphatic heterocycles. The Balaban J connectivity index is 1.69. The Kier molecular flexibility index (Phi) is 5.90. The van der Waals surface area contributed by atoms with Crippen LogP contribution in [-0.2, 0) is 0 Å². The standard InChI is InChI=1S/C23H25N3O3S/c1-15-6-8-16(9-7-15)20-21(30-23(25-20)26-12-4-5-13-26)22(27)24-18-11-10-17(28-2)14-19(18)29-3/h6-11,14H,4-5,12-13H2,1-3H3,(H,24,27). The fraction of sp³-hybridized carbons (Fsp3) is 0.304. The van der Waals surface area contributed by atoms with Gasteiger partial charge in [-0.05, 0) is 31.9 Å². The van der Waals surface area contributed by atoms with Gasteiger partial charge >= 0.3 is 0 Å². The minimum atomic E-state index is -0.197. The average molecular weight is 424 g/mol. The molecular formula is C23H25N3O3S. The van der Waals surface area contributed by atoms with E-state index in [4.69, 9.17) is 14.5 Å². The van der Waals surface area contributed by atoms with Crippen molar-refractivity contribution in [3.63, 3.8) is 0 Å². The first-order valence-electron chi connectivity index (χ1n) is 9.95. The van der Waals surface area contributed by atoms with E-state index in [0.717, 1.165) is 36.6 Å². The number of nitrogens with one attached hydrogen (secondary N) is 1. The first-order chi connectivity index (χ1) is 14.6. The van der Waals surface area contributed by atoms with E-state index in [2.05, 4.69) is 10.2 Å². The molecule has 30 heavy (non-hydrogen) atoms. The van der Waals surface area contributed by atoms with Gasteiger partial charge in [-0.3, -0.25) is 4.79 Å². The quantitative estimate of drug-likeness (QED) is 0.605. The van der Waals surface area contributed by atoms with Crippen LogP contribution in [0.4, 0.5) is 10.8 Å². The molecule has 1 amide bonds. The summed E-state index contributed by atoms with van der Waals surface area (Å²) in [5.74, 6) is 1.01. The number of amides is 1. The van der Waals surface area contributed by atoms with Crippen molar-refractivity contribution in [2.24, 2.45) is 0 Å². The normalized spacial score (nSPS) is 13.4. The van der Waals surface area contributed by atoms with Gasteiger partial charge in [0.25, 0.3) is 5.91 Å². The van der Waals surface area contributed by atoms with Gasteiger partial charge < -0.3 is 19.7 Å². The van der Waals surface area contributed by atoms with E-state index >= 15 is 0 Å². The number of thiazole rings is 1. The highest BCUT2D eigenvalue weighted by atomic mass is 32.1. The second kappa shape index (κ2) is 8.75. The van der Waals surface area contributed by atoms with Gasteiger partial charge in [-0.1, -0.05) is 41.2 Å². The Labute approximate surface area is 180 Å². The van der Waals surface area contributed by atoms with Crippen molar-refractivity contribution in [2.75, 3.05) is 37.5 Å². The van der Waals surface area contributed by atoms with E-state index in [1.807, 2.05) is 31.2 Å². The SMILES string of the molecule is COc1ccc(NC(=O)c2sc(N3CCCC3)nc2-c2ccc(C)cc2)c(OC)c1. The minimum absolute atomic E-state index is 0.197. The summed E-state index contributed by atoms with van der Waals surface area (Å²) in [6, 6.07) is 13.4. The maximum Gasteiger partial charge on any atom is 0.268 e. The Morgan fingerprint density at radius 1 is 1.07 bits per heavy atom. The lowest BCUT2D eigenvalue weighted by molar-refractivity contribution is 0.103. The molecule has 7 heteroatoms. The summed E-state index contributed by atoms with van der Waals surface area (Å²) in [6.45, 7) is 4.01. The molecule has 2 aromatic carbocycles. The lowest BCUT2D eigenvalue weighted by Crippen LogP contribution is -2.17. The molecule has 2 heterocycles. The van der Waals surface area contributed by atoms with Crippen molar-refractivity contribution in [1.82, 2.24) is 4.98 Å². The van der Waals surface area contributed by atoms with Crippen LogP contribution in [0.1, 0.15) is 28.1 Å². The third-order valence-corrected chi connectivity index (χ3v) is 6.30. The van der Waals surface area contributed by atoms with Crippen LogP contribution in [-0.4, -0.2) is 38.2 Å².